The van der Waals surface area contributed by atoms with E-state index in [-0.39, 0.29) is 11.0 Å². The summed E-state index contributed by atoms with van der Waals surface area (Å²) in [4.78, 5) is 16.2. The van der Waals surface area contributed by atoms with Crippen molar-refractivity contribution < 1.29 is 0 Å². The van der Waals surface area contributed by atoms with Crippen LogP contribution in [0.4, 0.5) is 0 Å². The van der Waals surface area contributed by atoms with Crippen molar-refractivity contribution in [3.63, 3.8) is 0 Å². The molecule has 0 aromatic carbocycles. The second-order valence-electron chi connectivity index (χ2n) is 6.05. The maximum atomic E-state index is 12.6. The number of nitrogens with zero attached hydrogens (tertiary/aromatic N) is 2. The van der Waals surface area contributed by atoms with Crippen molar-refractivity contribution in [1.29, 1.82) is 0 Å². The molecule has 0 aliphatic heterocycles. The molecule has 1 spiro atoms. The molecule has 0 bridgehead atoms. The van der Waals surface area contributed by atoms with Crippen molar-refractivity contribution >= 4 is 5.65 Å². The van der Waals surface area contributed by atoms with Gasteiger partial charge in [-0.3, -0.25) is 4.79 Å². The quantitative estimate of drug-likeness (QED) is 0.852. The van der Waals surface area contributed by atoms with Gasteiger partial charge in [0, 0.05) is 22.2 Å². The molecule has 4 nitrogen and oxygen atoms in total. The molecule has 2 aliphatic rings. The van der Waals surface area contributed by atoms with Crippen molar-refractivity contribution in [2.24, 2.45) is 0 Å². The molecule has 100 valence electrons. The molecular weight excluding hydrogens is 238 g/mol. The van der Waals surface area contributed by atoms with E-state index in [0.29, 0.717) is 0 Å². The van der Waals surface area contributed by atoms with Crippen LogP contribution in [0, 0.1) is 0 Å². The zero-order chi connectivity index (χ0) is 13.0. The molecule has 1 saturated carbocycles. The summed E-state index contributed by atoms with van der Waals surface area (Å²) < 4.78 is 1.56. The van der Waals surface area contributed by atoms with E-state index in [9.17, 15) is 4.79 Å². The van der Waals surface area contributed by atoms with Gasteiger partial charge >= 0.3 is 0 Å². The van der Waals surface area contributed by atoms with Crippen LogP contribution in [-0.4, -0.2) is 14.6 Å². The van der Waals surface area contributed by atoms with Crippen LogP contribution in [0.1, 0.15) is 55.8 Å². The zero-order valence-corrected chi connectivity index (χ0v) is 11.3. The fourth-order valence-corrected chi connectivity index (χ4v) is 4.08. The smallest absolute Gasteiger partial charge is 0.277 e. The first-order chi connectivity index (χ1) is 9.25. The first-order valence-electron chi connectivity index (χ1n) is 7.37. The number of H-pyrrole nitrogens is 1. The maximum absolute atomic E-state index is 12.6. The van der Waals surface area contributed by atoms with Gasteiger partial charge in [0.15, 0.2) is 0 Å². The van der Waals surface area contributed by atoms with Gasteiger partial charge in [0.1, 0.15) is 5.65 Å². The number of aryl methyl sites for hydroxylation is 1. The Labute approximate surface area is 111 Å². The Kier molecular flexibility index (Phi) is 2.20. The van der Waals surface area contributed by atoms with Crippen molar-refractivity contribution in [1.82, 2.24) is 14.6 Å². The highest BCUT2D eigenvalue weighted by Crippen LogP contribution is 2.48. The van der Waals surface area contributed by atoms with E-state index >= 15 is 0 Å². The molecule has 0 radical (unpaired) electrons. The Balaban J connectivity index is 2.04. The molecule has 2 heterocycles. The van der Waals surface area contributed by atoms with Crippen LogP contribution < -0.4 is 5.56 Å². The van der Waals surface area contributed by atoms with Gasteiger partial charge in [-0.15, -0.1) is 0 Å². The molecule has 0 atom stereocenters. The third kappa shape index (κ3) is 1.34. The predicted octanol–water partition coefficient (Wildman–Crippen LogP) is 2.34. The molecule has 19 heavy (non-hydrogen) atoms. The van der Waals surface area contributed by atoms with Crippen LogP contribution in [0.15, 0.2) is 11.0 Å². The Hall–Kier alpha value is -1.58. The van der Waals surface area contributed by atoms with Crippen LogP contribution in [0.3, 0.4) is 0 Å². The average Bonchev–Trinajstić information content (AvgIpc) is 3.12. The first kappa shape index (κ1) is 11.3. The van der Waals surface area contributed by atoms with Crippen molar-refractivity contribution in [2.75, 3.05) is 0 Å². The van der Waals surface area contributed by atoms with Gasteiger partial charge in [-0.05, 0) is 32.1 Å². The van der Waals surface area contributed by atoms with Gasteiger partial charge in [-0.1, -0.05) is 19.8 Å². The number of nitrogens with one attached hydrogen (secondary N) is 1. The van der Waals surface area contributed by atoms with Crippen molar-refractivity contribution in [3.8, 4) is 0 Å². The van der Waals surface area contributed by atoms with Gasteiger partial charge in [0.05, 0.1) is 6.20 Å². The number of fused-ring (bicyclic) bond motifs is 3. The Bertz CT molecular complexity index is 704. The fourth-order valence-electron chi connectivity index (χ4n) is 4.08. The molecular formula is C15H19N3O. The van der Waals surface area contributed by atoms with Crippen LogP contribution in [0.25, 0.3) is 5.65 Å². The highest BCUT2D eigenvalue weighted by molar-refractivity contribution is 5.50. The topological polar surface area (TPSA) is 50.2 Å². The summed E-state index contributed by atoms with van der Waals surface area (Å²) in [7, 11) is 0. The minimum absolute atomic E-state index is 0.104. The zero-order valence-electron chi connectivity index (χ0n) is 11.3. The van der Waals surface area contributed by atoms with E-state index in [4.69, 9.17) is 0 Å². The Morgan fingerprint density at radius 1 is 1.37 bits per heavy atom. The lowest BCUT2D eigenvalue weighted by atomic mass is 9.83. The van der Waals surface area contributed by atoms with E-state index in [2.05, 4.69) is 17.0 Å². The van der Waals surface area contributed by atoms with Gasteiger partial charge < -0.3 is 4.98 Å². The third-order valence-corrected chi connectivity index (χ3v) is 5.17. The molecule has 0 unspecified atom stereocenters. The summed E-state index contributed by atoms with van der Waals surface area (Å²) in [5.74, 6) is 0. The molecule has 4 heteroatoms. The Morgan fingerprint density at radius 2 is 2.16 bits per heavy atom. The van der Waals surface area contributed by atoms with Crippen molar-refractivity contribution in [3.05, 3.63) is 33.4 Å². The number of aromatic amines is 1. The predicted molar refractivity (Wildman–Crippen MR) is 73.7 cm³/mol. The number of aromatic nitrogens is 3. The molecule has 2 aromatic rings. The van der Waals surface area contributed by atoms with E-state index in [1.807, 2.05) is 6.20 Å². The SMILES string of the molecule is CCc1cnn2c(=O)c3c([nH]c12)C1(CCCC1)CC3. The van der Waals surface area contributed by atoms with Gasteiger partial charge in [0.2, 0.25) is 0 Å². The summed E-state index contributed by atoms with van der Waals surface area (Å²) in [6, 6.07) is 0. The van der Waals surface area contributed by atoms with Crippen LogP contribution in [0.2, 0.25) is 0 Å². The van der Waals surface area contributed by atoms with Gasteiger partial charge in [-0.2, -0.15) is 9.61 Å². The second kappa shape index (κ2) is 3.71. The van der Waals surface area contributed by atoms with Gasteiger partial charge in [0.25, 0.3) is 5.56 Å². The largest absolute Gasteiger partial charge is 0.342 e. The summed E-state index contributed by atoms with van der Waals surface area (Å²) in [5, 5.41) is 4.25. The lowest BCUT2D eigenvalue weighted by molar-refractivity contribution is 0.429. The summed E-state index contributed by atoms with van der Waals surface area (Å²) in [5.41, 5.74) is 4.65. The average molecular weight is 257 g/mol. The molecule has 4 rings (SSSR count). The van der Waals surface area contributed by atoms with Crippen LogP contribution in [-0.2, 0) is 18.3 Å². The highest BCUT2D eigenvalue weighted by Gasteiger charge is 2.43. The Morgan fingerprint density at radius 3 is 2.89 bits per heavy atom. The molecule has 2 aliphatic carbocycles. The minimum Gasteiger partial charge on any atom is -0.342 e. The normalized spacial score (nSPS) is 20.5. The molecule has 0 saturated heterocycles. The van der Waals surface area contributed by atoms with E-state index in [0.717, 1.165) is 36.0 Å². The number of hydrogen-bond acceptors (Lipinski definition) is 2. The molecule has 1 N–H and O–H groups in total. The molecule has 0 amide bonds. The standard InChI is InChI=1S/C15H19N3O/c1-2-10-9-16-18-13(10)17-12-11(14(18)19)5-8-15(12)6-3-4-7-15/h9,17H,2-8H2,1H3. The molecule has 2 aromatic heterocycles. The number of rotatable bonds is 1. The first-order valence-corrected chi connectivity index (χ1v) is 7.37. The van der Waals surface area contributed by atoms with Crippen molar-refractivity contribution in [2.45, 2.75) is 57.3 Å². The maximum Gasteiger partial charge on any atom is 0.277 e. The number of hydrogen-bond donors (Lipinski definition) is 1. The highest BCUT2D eigenvalue weighted by atomic mass is 16.1. The van der Waals surface area contributed by atoms with Crippen LogP contribution >= 0.6 is 0 Å². The van der Waals surface area contributed by atoms with E-state index in [1.54, 1.807) is 4.52 Å². The fraction of sp³-hybridized carbons (Fsp3) is 0.600. The summed E-state index contributed by atoms with van der Waals surface area (Å²) in [6.45, 7) is 2.11. The van der Waals surface area contributed by atoms with Crippen LogP contribution in [0.5, 0.6) is 0 Å². The van der Waals surface area contributed by atoms with E-state index < -0.39 is 0 Å². The lowest BCUT2D eigenvalue weighted by Gasteiger charge is -2.23. The minimum atomic E-state index is 0.104. The second-order valence-corrected chi connectivity index (χ2v) is 6.05. The third-order valence-electron chi connectivity index (χ3n) is 5.17. The monoisotopic (exact) mass is 257 g/mol. The summed E-state index contributed by atoms with van der Waals surface area (Å²) in [6.07, 6.45) is 9.86. The lowest BCUT2D eigenvalue weighted by Crippen LogP contribution is -2.25. The molecule has 1 fully saturated rings. The van der Waals surface area contributed by atoms with E-state index in [1.165, 1.54) is 31.4 Å². The van der Waals surface area contributed by atoms with Gasteiger partial charge in [-0.25, -0.2) is 0 Å². The summed E-state index contributed by atoms with van der Waals surface area (Å²) >= 11 is 0.